The van der Waals surface area contributed by atoms with E-state index in [2.05, 4.69) is 48.6 Å². The van der Waals surface area contributed by atoms with Gasteiger partial charge in [0.1, 0.15) is 0 Å². The zero-order valence-corrected chi connectivity index (χ0v) is 11.2. The van der Waals surface area contributed by atoms with Crippen LogP contribution in [0.25, 0.3) is 0 Å². The second kappa shape index (κ2) is 5.54. The molecule has 17 heavy (non-hydrogen) atoms. The number of rotatable bonds is 4. The molecule has 0 bridgehead atoms. The van der Waals surface area contributed by atoms with Crippen molar-refractivity contribution in [3.63, 3.8) is 0 Å². The Morgan fingerprint density at radius 2 is 1.71 bits per heavy atom. The summed E-state index contributed by atoms with van der Waals surface area (Å²) in [7, 11) is 6.37. The molecule has 1 fully saturated rings. The fourth-order valence-electron chi connectivity index (χ4n) is 3.11. The number of nitrogens with zero attached hydrogens (tertiary/aromatic N) is 1. The van der Waals surface area contributed by atoms with Crippen molar-refractivity contribution in [2.45, 2.75) is 31.7 Å². The Balaban J connectivity index is 2.19. The molecule has 1 aliphatic carbocycles. The minimum atomic E-state index is 0.586. The van der Waals surface area contributed by atoms with E-state index < -0.39 is 0 Å². The summed E-state index contributed by atoms with van der Waals surface area (Å²) in [5.41, 5.74) is 2.65. The van der Waals surface area contributed by atoms with E-state index in [4.69, 9.17) is 0 Å². The zero-order chi connectivity index (χ0) is 12.3. The van der Waals surface area contributed by atoms with E-state index in [1.54, 1.807) is 0 Å². The van der Waals surface area contributed by atoms with Gasteiger partial charge in [-0.15, -0.1) is 0 Å². The lowest BCUT2D eigenvalue weighted by molar-refractivity contribution is 0.214. The van der Waals surface area contributed by atoms with Crippen LogP contribution in [0.3, 0.4) is 0 Å². The van der Waals surface area contributed by atoms with Gasteiger partial charge in [0.15, 0.2) is 0 Å². The zero-order valence-electron chi connectivity index (χ0n) is 11.2. The van der Waals surface area contributed by atoms with Crippen LogP contribution in [0.15, 0.2) is 24.3 Å². The highest BCUT2D eigenvalue weighted by molar-refractivity contribution is 5.44. The van der Waals surface area contributed by atoms with Crippen molar-refractivity contribution in [1.82, 2.24) is 4.90 Å². The van der Waals surface area contributed by atoms with Gasteiger partial charge in [-0.25, -0.2) is 0 Å². The summed E-state index contributed by atoms with van der Waals surface area (Å²) in [5.74, 6) is 0.838. The van der Waals surface area contributed by atoms with E-state index in [-0.39, 0.29) is 0 Å². The lowest BCUT2D eigenvalue weighted by atomic mass is 9.90. The molecule has 1 atom stereocenters. The molecule has 2 rings (SSSR count). The highest BCUT2D eigenvalue weighted by atomic mass is 15.1. The first-order valence-electron chi connectivity index (χ1n) is 6.66. The van der Waals surface area contributed by atoms with Crippen LogP contribution < -0.4 is 5.32 Å². The summed E-state index contributed by atoms with van der Waals surface area (Å²) in [6, 6.07) is 9.49. The van der Waals surface area contributed by atoms with Crippen molar-refractivity contribution in [3.05, 3.63) is 29.8 Å². The first kappa shape index (κ1) is 12.4. The molecule has 0 heterocycles. The summed E-state index contributed by atoms with van der Waals surface area (Å²) in [6.07, 6.45) is 5.58. The first-order chi connectivity index (χ1) is 8.22. The fraction of sp³-hybridized carbons (Fsp3) is 0.600. The highest BCUT2D eigenvalue weighted by Crippen LogP contribution is 2.38. The van der Waals surface area contributed by atoms with Gasteiger partial charge in [0.05, 0.1) is 0 Å². The maximum atomic E-state index is 3.18. The van der Waals surface area contributed by atoms with Gasteiger partial charge < -0.3 is 10.2 Å². The number of anilines is 1. The Kier molecular flexibility index (Phi) is 4.06. The second-order valence-corrected chi connectivity index (χ2v) is 5.32. The normalized spacial score (nSPS) is 18.6. The van der Waals surface area contributed by atoms with Crippen molar-refractivity contribution < 1.29 is 0 Å². The maximum absolute atomic E-state index is 3.18. The van der Waals surface area contributed by atoms with Gasteiger partial charge in [0.25, 0.3) is 0 Å². The molecule has 0 aliphatic heterocycles. The number of benzene rings is 1. The number of nitrogens with one attached hydrogen (secondary N) is 1. The predicted molar refractivity (Wildman–Crippen MR) is 74.4 cm³/mol. The van der Waals surface area contributed by atoms with Gasteiger partial charge in [0, 0.05) is 18.8 Å². The molecule has 1 aromatic rings. The molecule has 2 nitrogen and oxygen atoms in total. The number of hydrogen-bond acceptors (Lipinski definition) is 2. The summed E-state index contributed by atoms with van der Waals surface area (Å²) in [4.78, 5) is 2.38. The van der Waals surface area contributed by atoms with Crippen molar-refractivity contribution >= 4 is 5.69 Å². The third-order valence-corrected chi connectivity index (χ3v) is 3.94. The molecule has 0 radical (unpaired) electrons. The van der Waals surface area contributed by atoms with E-state index in [1.165, 1.54) is 36.9 Å². The molecule has 94 valence electrons. The van der Waals surface area contributed by atoms with Crippen LogP contribution in [0.2, 0.25) is 0 Å². The Morgan fingerprint density at radius 1 is 1.12 bits per heavy atom. The highest BCUT2D eigenvalue weighted by Gasteiger charge is 2.27. The molecule has 1 unspecified atom stereocenters. The molecule has 0 amide bonds. The Hall–Kier alpha value is -1.02. The molecule has 1 aliphatic rings. The third-order valence-electron chi connectivity index (χ3n) is 3.94. The Labute approximate surface area is 105 Å². The first-order valence-corrected chi connectivity index (χ1v) is 6.66. The van der Waals surface area contributed by atoms with Crippen LogP contribution in [0.1, 0.15) is 37.3 Å². The summed E-state index contributed by atoms with van der Waals surface area (Å²) in [6.45, 7) is 0. The van der Waals surface area contributed by atoms with Gasteiger partial charge in [0.2, 0.25) is 0 Å². The molecule has 2 heteroatoms. The summed E-state index contributed by atoms with van der Waals surface area (Å²) < 4.78 is 0. The summed E-state index contributed by atoms with van der Waals surface area (Å²) in [5, 5.41) is 3.18. The Morgan fingerprint density at radius 3 is 2.18 bits per heavy atom. The van der Waals surface area contributed by atoms with Gasteiger partial charge in [-0.05, 0) is 50.6 Å². The van der Waals surface area contributed by atoms with Gasteiger partial charge in [-0.1, -0.05) is 25.0 Å². The van der Waals surface area contributed by atoms with Gasteiger partial charge >= 0.3 is 0 Å². The molecular formula is C15H24N2. The van der Waals surface area contributed by atoms with E-state index in [9.17, 15) is 0 Å². The SMILES string of the molecule is CNc1ccc(C(C2CCCC2)N(C)C)cc1. The van der Waals surface area contributed by atoms with E-state index in [0.29, 0.717) is 6.04 Å². The largest absolute Gasteiger partial charge is 0.388 e. The van der Waals surface area contributed by atoms with Crippen LogP contribution in [0, 0.1) is 5.92 Å². The minimum absolute atomic E-state index is 0.586. The van der Waals surface area contributed by atoms with Crippen molar-refractivity contribution in [3.8, 4) is 0 Å². The maximum Gasteiger partial charge on any atom is 0.0370 e. The van der Waals surface area contributed by atoms with Crippen LogP contribution in [-0.4, -0.2) is 26.0 Å². The van der Waals surface area contributed by atoms with Crippen LogP contribution in [0.5, 0.6) is 0 Å². The third kappa shape index (κ3) is 2.81. The lowest BCUT2D eigenvalue weighted by Gasteiger charge is -2.30. The standard InChI is InChI=1S/C15H24N2/c1-16-14-10-8-13(9-11-14)15(17(2)3)12-6-4-5-7-12/h8-12,15-16H,4-7H2,1-3H3. The molecule has 0 spiro atoms. The van der Waals surface area contributed by atoms with Crippen molar-refractivity contribution in [1.29, 1.82) is 0 Å². The van der Waals surface area contributed by atoms with Gasteiger partial charge in [-0.3, -0.25) is 0 Å². The number of hydrogen-bond donors (Lipinski definition) is 1. The van der Waals surface area contributed by atoms with Crippen molar-refractivity contribution in [2.24, 2.45) is 5.92 Å². The molecule has 1 N–H and O–H groups in total. The quantitative estimate of drug-likeness (QED) is 0.854. The van der Waals surface area contributed by atoms with Crippen LogP contribution in [-0.2, 0) is 0 Å². The molecule has 0 saturated heterocycles. The van der Waals surface area contributed by atoms with E-state index in [0.717, 1.165) is 5.92 Å². The smallest absolute Gasteiger partial charge is 0.0370 e. The molecule has 0 aromatic heterocycles. The summed E-state index contributed by atoms with van der Waals surface area (Å²) >= 11 is 0. The monoisotopic (exact) mass is 232 g/mol. The average molecular weight is 232 g/mol. The van der Waals surface area contributed by atoms with Gasteiger partial charge in [-0.2, -0.15) is 0 Å². The van der Waals surface area contributed by atoms with E-state index in [1.807, 2.05) is 7.05 Å². The van der Waals surface area contributed by atoms with Crippen LogP contribution in [0.4, 0.5) is 5.69 Å². The van der Waals surface area contributed by atoms with Crippen molar-refractivity contribution in [2.75, 3.05) is 26.5 Å². The molecule has 1 aromatic carbocycles. The van der Waals surface area contributed by atoms with Crippen LogP contribution >= 0.6 is 0 Å². The second-order valence-electron chi connectivity index (χ2n) is 5.32. The molecular weight excluding hydrogens is 208 g/mol. The van der Waals surface area contributed by atoms with E-state index >= 15 is 0 Å². The molecule has 1 saturated carbocycles. The Bertz CT molecular complexity index is 336. The topological polar surface area (TPSA) is 15.3 Å². The minimum Gasteiger partial charge on any atom is -0.388 e. The fourth-order valence-corrected chi connectivity index (χ4v) is 3.11. The predicted octanol–water partition coefficient (Wildman–Crippen LogP) is 3.52. The average Bonchev–Trinajstić information content (AvgIpc) is 2.83. The lowest BCUT2D eigenvalue weighted by Crippen LogP contribution is -2.26.